The molecule has 0 atom stereocenters. The van der Waals surface area contributed by atoms with Gasteiger partial charge >= 0.3 is 0 Å². The van der Waals surface area contributed by atoms with Crippen LogP contribution in [0.2, 0.25) is 0 Å². The standard InChI is InChI=1S/C19H22FN3O/c1-2-11-23(19(24)15-7-5-8-15)14-18-21-10-12-22(18)13-16-6-3-4-9-17(16)20/h2-4,6,9-10,12,15H,1,5,7-8,11,13-14H2. The van der Waals surface area contributed by atoms with Crippen LogP contribution in [-0.2, 0) is 17.9 Å². The van der Waals surface area contributed by atoms with Crippen molar-refractivity contribution in [3.63, 3.8) is 0 Å². The monoisotopic (exact) mass is 327 g/mol. The molecule has 0 unspecified atom stereocenters. The molecule has 0 saturated heterocycles. The van der Waals surface area contributed by atoms with Crippen LogP contribution < -0.4 is 0 Å². The average molecular weight is 327 g/mol. The van der Waals surface area contributed by atoms with E-state index in [1.54, 1.807) is 29.3 Å². The molecular weight excluding hydrogens is 305 g/mol. The van der Waals surface area contributed by atoms with Crippen molar-refractivity contribution in [1.29, 1.82) is 0 Å². The quantitative estimate of drug-likeness (QED) is 0.731. The molecule has 0 bridgehead atoms. The molecule has 126 valence electrons. The number of imidazole rings is 1. The van der Waals surface area contributed by atoms with E-state index in [1.165, 1.54) is 6.07 Å². The van der Waals surface area contributed by atoms with E-state index in [2.05, 4.69) is 11.6 Å². The summed E-state index contributed by atoms with van der Waals surface area (Å²) in [6.07, 6.45) is 8.31. The van der Waals surface area contributed by atoms with Crippen LogP contribution in [0, 0.1) is 11.7 Å². The molecule has 2 aromatic rings. The first-order valence-corrected chi connectivity index (χ1v) is 8.32. The van der Waals surface area contributed by atoms with E-state index in [0.717, 1.165) is 25.1 Å². The van der Waals surface area contributed by atoms with Crippen LogP contribution in [0.4, 0.5) is 4.39 Å². The zero-order valence-corrected chi connectivity index (χ0v) is 13.7. The summed E-state index contributed by atoms with van der Waals surface area (Å²) >= 11 is 0. The zero-order valence-electron chi connectivity index (χ0n) is 13.7. The Morgan fingerprint density at radius 2 is 2.21 bits per heavy atom. The minimum absolute atomic E-state index is 0.139. The number of carbonyl (C=O) groups is 1. The van der Waals surface area contributed by atoms with Crippen molar-refractivity contribution < 1.29 is 9.18 Å². The van der Waals surface area contributed by atoms with Gasteiger partial charge in [0.25, 0.3) is 0 Å². The lowest BCUT2D eigenvalue weighted by atomic mass is 9.84. The van der Waals surface area contributed by atoms with Crippen molar-refractivity contribution in [3.05, 3.63) is 66.5 Å². The first-order chi connectivity index (χ1) is 11.7. The van der Waals surface area contributed by atoms with Crippen LogP contribution in [0.3, 0.4) is 0 Å². The second kappa shape index (κ2) is 7.43. The molecule has 5 heteroatoms. The fourth-order valence-electron chi connectivity index (χ4n) is 2.92. The Kier molecular flexibility index (Phi) is 5.08. The molecule has 1 heterocycles. The maximum absolute atomic E-state index is 13.9. The van der Waals surface area contributed by atoms with Gasteiger partial charge in [0.15, 0.2) is 0 Å². The highest BCUT2D eigenvalue weighted by atomic mass is 19.1. The van der Waals surface area contributed by atoms with Crippen molar-refractivity contribution in [2.45, 2.75) is 32.4 Å². The van der Waals surface area contributed by atoms with Gasteiger partial charge in [-0.3, -0.25) is 4.79 Å². The lowest BCUT2D eigenvalue weighted by molar-refractivity contribution is -0.138. The van der Waals surface area contributed by atoms with Crippen molar-refractivity contribution in [2.75, 3.05) is 6.54 Å². The molecule has 0 aliphatic heterocycles. The van der Waals surface area contributed by atoms with E-state index in [4.69, 9.17) is 0 Å². The highest BCUT2D eigenvalue weighted by Gasteiger charge is 2.29. The van der Waals surface area contributed by atoms with Gasteiger partial charge in [0.05, 0.1) is 13.1 Å². The average Bonchev–Trinajstić information content (AvgIpc) is 2.94. The summed E-state index contributed by atoms with van der Waals surface area (Å²) in [5.41, 5.74) is 0.609. The molecule has 1 saturated carbocycles. The van der Waals surface area contributed by atoms with Crippen molar-refractivity contribution >= 4 is 5.91 Å². The van der Waals surface area contributed by atoms with E-state index in [0.29, 0.717) is 25.2 Å². The summed E-state index contributed by atoms with van der Waals surface area (Å²) < 4.78 is 15.8. The Hall–Kier alpha value is -2.43. The van der Waals surface area contributed by atoms with E-state index in [9.17, 15) is 9.18 Å². The summed E-state index contributed by atoms with van der Waals surface area (Å²) in [6.45, 7) is 5.07. The molecule has 1 amide bonds. The molecular formula is C19H22FN3O. The van der Waals surface area contributed by atoms with Crippen LogP contribution in [0.5, 0.6) is 0 Å². The van der Waals surface area contributed by atoms with E-state index < -0.39 is 0 Å². The van der Waals surface area contributed by atoms with Gasteiger partial charge in [0.2, 0.25) is 5.91 Å². The minimum Gasteiger partial charge on any atom is -0.331 e. The lowest BCUT2D eigenvalue weighted by Gasteiger charge is -2.31. The van der Waals surface area contributed by atoms with Crippen LogP contribution >= 0.6 is 0 Å². The SMILES string of the molecule is C=CCN(Cc1nccn1Cc1ccccc1F)C(=O)C1CCC1. The third-order valence-corrected chi connectivity index (χ3v) is 4.55. The number of rotatable bonds is 7. The van der Waals surface area contributed by atoms with Gasteiger partial charge in [-0.05, 0) is 18.9 Å². The lowest BCUT2D eigenvalue weighted by Crippen LogP contribution is -2.39. The van der Waals surface area contributed by atoms with Crippen LogP contribution in [-0.4, -0.2) is 26.9 Å². The van der Waals surface area contributed by atoms with Gasteiger partial charge in [-0.2, -0.15) is 0 Å². The number of hydrogen-bond donors (Lipinski definition) is 0. The highest BCUT2D eigenvalue weighted by Crippen LogP contribution is 2.28. The Balaban J connectivity index is 1.74. The molecule has 0 N–H and O–H groups in total. The zero-order chi connectivity index (χ0) is 16.9. The Bertz CT molecular complexity index is 721. The fraction of sp³-hybridized carbons (Fsp3) is 0.368. The summed E-state index contributed by atoms with van der Waals surface area (Å²) in [7, 11) is 0. The predicted molar refractivity (Wildman–Crippen MR) is 90.7 cm³/mol. The highest BCUT2D eigenvalue weighted by molar-refractivity contribution is 5.79. The van der Waals surface area contributed by atoms with Crippen LogP contribution in [0.15, 0.2) is 49.3 Å². The summed E-state index contributed by atoms with van der Waals surface area (Å²) in [5.74, 6) is 0.833. The van der Waals surface area contributed by atoms with Crippen molar-refractivity contribution in [2.24, 2.45) is 5.92 Å². The molecule has 1 aliphatic rings. The van der Waals surface area contributed by atoms with Crippen LogP contribution in [0.25, 0.3) is 0 Å². The van der Waals surface area contributed by atoms with Crippen molar-refractivity contribution in [1.82, 2.24) is 14.5 Å². The maximum atomic E-state index is 13.9. The molecule has 0 radical (unpaired) electrons. The third kappa shape index (κ3) is 3.55. The third-order valence-electron chi connectivity index (χ3n) is 4.55. The summed E-state index contributed by atoms with van der Waals surface area (Å²) in [4.78, 5) is 18.7. The minimum atomic E-state index is -0.231. The topological polar surface area (TPSA) is 38.1 Å². The van der Waals surface area contributed by atoms with Gasteiger partial charge in [0, 0.05) is 30.4 Å². The largest absolute Gasteiger partial charge is 0.331 e. The normalized spacial score (nSPS) is 14.2. The number of amides is 1. The first-order valence-electron chi connectivity index (χ1n) is 8.32. The Morgan fingerprint density at radius 3 is 2.88 bits per heavy atom. The summed E-state index contributed by atoms with van der Waals surface area (Å²) in [6, 6.07) is 6.71. The smallest absolute Gasteiger partial charge is 0.226 e. The number of halogens is 1. The molecule has 1 fully saturated rings. The number of hydrogen-bond acceptors (Lipinski definition) is 2. The molecule has 3 rings (SSSR count). The Morgan fingerprint density at radius 1 is 1.42 bits per heavy atom. The Labute approximate surface area is 141 Å². The van der Waals surface area contributed by atoms with Crippen molar-refractivity contribution in [3.8, 4) is 0 Å². The van der Waals surface area contributed by atoms with Gasteiger partial charge in [-0.1, -0.05) is 30.7 Å². The van der Waals surface area contributed by atoms with Gasteiger partial charge < -0.3 is 9.47 Å². The molecule has 4 nitrogen and oxygen atoms in total. The molecule has 1 aromatic heterocycles. The summed E-state index contributed by atoms with van der Waals surface area (Å²) in [5, 5.41) is 0. The number of carbonyl (C=O) groups excluding carboxylic acids is 1. The fourth-order valence-corrected chi connectivity index (χ4v) is 2.92. The molecule has 1 aromatic carbocycles. The molecule has 1 aliphatic carbocycles. The number of benzene rings is 1. The molecule has 24 heavy (non-hydrogen) atoms. The van der Waals surface area contributed by atoms with Crippen LogP contribution in [0.1, 0.15) is 30.7 Å². The van der Waals surface area contributed by atoms with E-state index >= 15 is 0 Å². The van der Waals surface area contributed by atoms with E-state index in [-0.39, 0.29) is 17.6 Å². The number of nitrogens with zero attached hydrogens (tertiary/aromatic N) is 3. The molecule has 0 spiro atoms. The predicted octanol–water partition coefficient (Wildman–Crippen LogP) is 3.39. The van der Waals surface area contributed by atoms with Gasteiger partial charge in [-0.25, -0.2) is 9.37 Å². The number of aromatic nitrogens is 2. The maximum Gasteiger partial charge on any atom is 0.226 e. The second-order valence-electron chi connectivity index (χ2n) is 6.20. The first kappa shape index (κ1) is 16.4. The van der Waals surface area contributed by atoms with E-state index in [1.807, 2.05) is 16.8 Å². The second-order valence-corrected chi connectivity index (χ2v) is 6.20. The van der Waals surface area contributed by atoms with Gasteiger partial charge in [0.1, 0.15) is 11.6 Å². The van der Waals surface area contributed by atoms with Gasteiger partial charge in [-0.15, -0.1) is 6.58 Å².